The van der Waals surface area contributed by atoms with Gasteiger partial charge in [-0.15, -0.1) is 11.3 Å². The highest BCUT2D eigenvalue weighted by atomic mass is 79.9. The van der Waals surface area contributed by atoms with Crippen LogP contribution in [0.5, 0.6) is 0 Å². The number of aryl methyl sites for hydroxylation is 2. The third-order valence-corrected chi connectivity index (χ3v) is 5.99. The number of thiophene rings is 1. The number of benzene rings is 1. The van der Waals surface area contributed by atoms with Gasteiger partial charge in [0.2, 0.25) is 0 Å². The van der Waals surface area contributed by atoms with Crippen LogP contribution in [0.2, 0.25) is 0 Å². The van der Waals surface area contributed by atoms with Crippen LogP contribution in [0.25, 0.3) is 0 Å². The van der Waals surface area contributed by atoms with Gasteiger partial charge < -0.3 is 0 Å². The highest BCUT2D eigenvalue weighted by molar-refractivity contribution is 9.09. The van der Waals surface area contributed by atoms with Crippen molar-refractivity contribution in [2.45, 2.75) is 37.9 Å². The van der Waals surface area contributed by atoms with Crippen LogP contribution in [0.1, 0.15) is 45.0 Å². The molecule has 0 saturated carbocycles. The van der Waals surface area contributed by atoms with E-state index < -0.39 is 0 Å². The van der Waals surface area contributed by atoms with Crippen molar-refractivity contribution in [3.63, 3.8) is 0 Å². The first-order valence-electron chi connectivity index (χ1n) is 6.39. The molecular formula is C16H19BrS. The SMILES string of the molecule is CCC(c1ccccc1)C(Br)c1sc(C)cc1C. The lowest BCUT2D eigenvalue weighted by atomic mass is 9.92. The van der Waals surface area contributed by atoms with Crippen LogP contribution in [0.15, 0.2) is 36.4 Å². The fourth-order valence-electron chi connectivity index (χ4n) is 2.43. The maximum absolute atomic E-state index is 3.92. The van der Waals surface area contributed by atoms with Crippen LogP contribution < -0.4 is 0 Å². The molecule has 18 heavy (non-hydrogen) atoms. The van der Waals surface area contributed by atoms with Crippen LogP contribution in [-0.2, 0) is 0 Å². The summed E-state index contributed by atoms with van der Waals surface area (Å²) in [6, 6.07) is 13.1. The molecule has 0 saturated heterocycles. The summed E-state index contributed by atoms with van der Waals surface area (Å²) in [5.74, 6) is 0.544. The summed E-state index contributed by atoms with van der Waals surface area (Å²) < 4.78 is 0. The van der Waals surface area contributed by atoms with Gasteiger partial charge in [0.25, 0.3) is 0 Å². The molecular weight excluding hydrogens is 304 g/mol. The number of alkyl halides is 1. The summed E-state index contributed by atoms with van der Waals surface area (Å²) in [6.45, 7) is 6.66. The van der Waals surface area contributed by atoms with E-state index in [1.165, 1.54) is 20.9 Å². The van der Waals surface area contributed by atoms with Crippen LogP contribution in [0.3, 0.4) is 0 Å². The predicted molar refractivity (Wildman–Crippen MR) is 84.9 cm³/mol. The standard InChI is InChI=1S/C16H19BrS/c1-4-14(13-8-6-5-7-9-13)15(17)16-11(2)10-12(3)18-16/h5-10,14-15H,4H2,1-3H3. The number of hydrogen-bond donors (Lipinski definition) is 0. The molecule has 0 radical (unpaired) electrons. The Morgan fingerprint density at radius 1 is 1.17 bits per heavy atom. The molecule has 96 valence electrons. The van der Waals surface area contributed by atoms with Gasteiger partial charge >= 0.3 is 0 Å². The van der Waals surface area contributed by atoms with Crippen molar-refractivity contribution in [2.75, 3.05) is 0 Å². The molecule has 2 unspecified atom stereocenters. The zero-order valence-corrected chi connectivity index (χ0v) is 13.5. The molecule has 1 aromatic carbocycles. The maximum atomic E-state index is 3.92. The second-order valence-electron chi connectivity index (χ2n) is 4.73. The summed E-state index contributed by atoms with van der Waals surface area (Å²) in [6.07, 6.45) is 1.15. The van der Waals surface area contributed by atoms with E-state index in [0.29, 0.717) is 10.7 Å². The van der Waals surface area contributed by atoms with Crippen molar-refractivity contribution in [3.05, 3.63) is 57.3 Å². The largest absolute Gasteiger partial charge is 0.144 e. The van der Waals surface area contributed by atoms with Gasteiger partial charge in [0.05, 0.1) is 4.83 Å². The molecule has 0 aliphatic rings. The number of rotatable bonds is 4. The minimum Gasteiger partial charge on any atom is -0.144 e. The lowest BCUT2D eigenvalue weighted by Gasteiger charge is -2.21. The average molecular weight is 323 g/mol. The van der Waals surface area contributed by atoms with Crippen molar-refractivity contribution in [1.29, 1.82) is 0 Å². The van der Waals surface area contributed by atoms with Crippen molar-refractivity contribution in [1.82, 2.24) is 0 Å². The fourth-order valence-corrected chi connectivity index (χ4v) is 4.83. The van der Waals surface area contributed by atoms with Crippen LogP contribution in [-0.4, -0.2) is 0 Å². The first-order chi connectivity index (χ1) is 8.63. The van der Waals surface area contributed by atoms with Gasteiger partial charge in [-0.25, -0.2) is 0 Å². The van der Waals surface area contributed by atoms with Crippen molar-refractivity contribution >= 4 is 27.3 Å². The molecule has 1 aromatic heterocycles. The van der Waals surface area contributed by atoms with Gasteiger partial charge in [0.1, 0.15) is 0 Å². The molecule has 0 spiro atoms. The molecule has 2 heteroatoms. The third kappa shape index (κ3) is 2.86. The van der Waals surface area contributed by atoms with E-state index in [-0.39, 0.29) is 0 Å². The highest BCUT2D eigenvalue weighted by Gasteiger charge is 2.23. The Hall–Kier alpha value is -0.600. The van der Waals surface area contributed by atoms with Crippen molar-refractivity contribution in [3.8, 4) is 0 Å². The molecule has 1 heterocycles. The summed E-state index contributed by atoms with van der Waals surface area (Å²) in [4.78, 5) is 3.29. The highest BCUT2D eigenvalue weighted by Crippen LogP contribution is 2.44. The van der Waals surface area contributed by atoms with Gasteiger partial charge in [0, 0.05) is 15.7 Å². The Bertz CT molecular complexity index is 501. The zero-order chi connectivity index (χ0) is 13.1. The van der Waals surface area contributed by atoms with E-state index in [9.17, 15) is 0 Å². The monoisotopic (exact) mass is 322 g/mol. The molecule has 2 aromatic rings. The smallest absolute Gasteiger partial charge is 0.0560 e. The maximum Gasteiger partial charge on any atom is 0.0560 e. The van der Waals surface area contributed by atoms with E-state index in [2.05, 4.69) is 73.1 Å². The summed E-state index contributed by atoms with van der Waals surface area (Å²) in [7, 11) is 0. The van der Waals surface area contributed by atoms with Gasteiger partial charge in [-0.2, -0.15) is 0 Å². The molecule has 0 amide bonds. The van der Waals surface area contributed by atoms with Crippen molar-refractivity contribution in [2.24, 2.45) is 0 Å². The number of halogens is 1. The van der Waals surface area contributed by atoms with Crippen molar-refractivity contribution < 1.29 is 0 Å². The summed E-state index contributed by atoms with van der Waals surface area (Å²) >= 11 is 5.84. The Morgan fingerprint density at radius 2 is 1.83 bits per heavy atom. The predicted octanol–water partition coefficient (Wildman–Crippen LogP) is 5.99. The van der Waals surface area contributed by atoms with Gasteiger partial charge in [-0.1, -0.05) is 53.2 Å². The summed E-state index contributed by atoms with van der Waals surface area (Å²) in [5, 5.41) is 0. The second-order valence-corrected chi connectivity index (χ2v) is 7.01. The van der Waals surface area contributed by atoms with Crippen LogP contribution in [0, 0.1) is 13.8 Å². The Kier molecular flexibility index (Phi) is 4.63. The second kappa shape index (κ2) is 6.03. The molecule has 2 atom stereocenters. The zero-order valence-electron chi connectivity index (χ0n) is 11.1. The molecule has 0 bridgehead atoms. The lowest BCUT2D eigenvalue weighted by molar-refractivity contribution is 0.659. The molecule has 0 fully saturated rings. The van der Waals surface area contributed by atoms with E-state index in [0.717, 1.165) is 6.42 Å². The normalized spacial score (nSPS) is 14.4. The molecule has 0 aliphatic heterocycles. The van der Waals surface area contributed by atoms with E-state index in [1.54, 1.807) is 0 Å². The van der Waals surface area contributed by atoms with Crippen LogP contribution >= 0.6 is 27.3 Å². The van der Waals surface area contributed by atoms with E-state index >= 15 is 0 Å². The first kappa shape index (κ1) is 13.8. The Balaban J connectivity index is 2.31. The summed E-state index contributed by atoms with van der Waals surface area (Å²) in [5.41, 5.74) is 2.83. The van der Waals surface area contributed by atoms with Gasteiger partial charge in [-0.3, -0.25) is 0 Å². The van der Waals surface area contributed by atoms with Crippen LogP contribution in [0.4, 0.5) is 0 Å². The fraction of sp³-hybridized carbons (Fsp3) is 0.375. The molecule has 0 N–H and O–H groups in total. The number of hydrogen-bond acceptors (Lipinski definition) is 1. The van der Waals surface area contributed by atoms with Gasteiger partial charge in [-0.05, 0) is 37.5 Å². The molecule has 2 rings (SSSR count). The van der Waals surface area contributed by atoms with E-state index in [4.69, 9.17) is 0 Å². The minimum absolute atomic E-state index is 0.420. The third-order valence-electron chi connectivity index (χ3n) is 3.35. The first-order valence-corrected chi connectivity index (χ1v) is 8.12. The lowest BCUT2D eigenvalue weighted by Crippen LogP contribution is -2.04. The average Bonchev–Trinajstić information content (AvgIpc) is 2.70. The molecule has 0 aliphatic carbocycles. The topological polar surface area (TPSA) is 0 Å². The van der Waals surface area contributed by atoms with Gasteiger partial charge in [0.15, 0.2) is 0 Å². The Morgan fingerprint density at radius 3 is 2.33 bits per heavy atom. The van der Waals surface area contributed by atoms with E-state index in [1.807, 2.05) is 11.3 Å². The molecule has 0 nitrogen and oxygen atoms in total. The minimum atomic E-state index is 0.420. The quantitative estimate of drug-likeness (QED) is 0.606. The Labute approximate surface area is 122 Å².